The van der Waals surface area contributed by atoms with Crippen molar-refractivity contribution in [2.75, 3.05) is 11.9 Å². The highest BCUT2D eigenvalue weighted by molar-refractivity contribution is 5.80. The van der Waals surface area contributed by atoms with Gasteiger partial charge in [0, 0.05) is 18.3 Å². The second-order valence-electron chi connectivity index (χ2n) is 4.52. The maximum absolute atomic E-state index is 11.7. The smallest absolute Gasteiger partial charge is 0.224 e. The molecular formula is C13H18N2O. The Morgan fingerprint density at radius 3 is 3.06 bits per heavy atom. The lowest BCUT2D eigenvalue weighted by Crippen LogP contribution is -2.31. The highest BCUT2D eigenvalue weighted by Gasteiger charge is 2.15. The minimum atomic E-state index is 0.107. The van der Waals surface area contributed by atoms with E-state index in [2.05, 4.69) is 16.7 Å². The third-order valence-electron chi connectivity index (χ3n) is 2.76. The van der Waals surface area contributed by atoms with Crippen molar-refractivity contribution in [3.8, 4) is 0 Å². The molecule has 1 aliphatic heterocycles. The Bertz CT molecular complexity index is 399. The topological polar surface area (TPSA) is 41.1 Å². The van der Waals surface area contributed by atoms with Crippen molar-refractivity contribution in [1.29, 1.82) is 0 Å². The molecule has 0 atom stereocenters. The first-order chi connectivity index (χ1) is 7.66. The number of hydrogen-bond acceptors (Lipinski definition) is 2. The van der Waals surface area contributed by atoms with Gasteiger partial charge in [-0.2, -0.15) is 0 Å². The quantitative estimate of drug-likeness (QED) is 0.811. The molecule has 0 aliphatic carbocycles. The first kappa shape index (κ1) is 11.0. The van der Waals surface area contributed by atoms with Crippen molar-refractivity contribution in [2.45, 2.75) is 32.7 Å². The minimum Gasteiger partial charge on any atom is -0.384 e. The summed E-state index contributed by atoms with van der Waals surface area (Å²) in [6, 6.07) is 6.34. The summed E-state index contributed by atoms with van der Waals surface area (Å²) < 4.78 is 0. The van der Waals surface area contributed by atoms with Crippen LogP contribution in [-0.4, -0.2) is 18.5 Å². The van der Waals surface area contributed by atoms with Crippen LogP contribution in [0, 0.1) is 0 Å². The van der Waals surface area contributed by atoms with E-state index in [0.29, 0.717) is 6.42 Å². The largest absolute Gasteiger partial charge is 0.384 e. The van der Waals surface area contributed by atoms with Gasteiger partial charge in [0.1, 0.15) is 0 Å². The van der Waals surface area contributed by atoms with Crippen molar-refractivity contribution in [2.24, 2.45) is 0 Å². The lowest BCUT2D eigenvalue weighted by Gasteiger charge is -2.10. The molecule has 1 amide bonds. The predicted molar refractivity (Wildman–Crippen MR) is 65.6 cm³/mol. The zero-order valence-electron chi connectivity index (χ0n) is 9.84. The Morgan fingerprint density at radius 1 is 1.50 bits per heavy atom. The lowest BCUT2D eigenvalue weighted by atomic mass is 10.0. The first-order valence-corrected chi connectivity index (χ1v) is 5.81. The highest BCUT2D eigenvalue weighted by Crippen LogP contribution is 2.25. The van der Waals surface area contributed by atoms with Gasteiger partial charge in [-0.25, -0.2) is 0 Å². The molecule has 86 valence electrons. The molecule has 0 saturated carbocycles. The summed E-state index contributed by atoms with van der Waals surface area (Å²) in [7, 11) is 0. The van der Waals surface area contributed by atoms with E-state index in [0.717, 1.165) is 18.5 Å². The molecule has 3 nitrogen and oxygen atoms in total. The van der Waals surface area contributed by atoms with E-state index in [1.54, 1.807) is 0 Å². The molecule has 0 saturated heterocycles. The van der Waals surface area contributed by atoms with E-state index in [9.17, 15) is 4.79 Å². The molecule has 0 aromatic heterocycles. The van der Waals surface area contributed by atoms with E-state index in [4.69, 9.17) is 0 Å². The standard InChI is InChI=1S/C13H18N2O/c1-9(2)15-13(16)8-10-4-3-5-12-11(10)6-7-14-12/h3-5,9,14H,6-8H2,1-2H3,(H,15,16). The second-order valence-corrected chi connectivity index (χ2v) is 4.52. The van der Waals surface area contributed by atoms with Gasteiger partial charge in [0.25, 0.3) is 0 Å². The van der Waals surface area contributed by atoms with E-state index in [1.165, 1.54) is 11.3 Å². The van der Waals surface area contributed by atoms with Gasteiger partial charge in [-0.1, -0.05) is 12.1 Å². The molecule has 1 aromatic carbocycles. The molecule has 2 rings (SSSR count). The van der Waals surface area contributed by atoms with Gasteiger partial charge in [-0.05, 0) is 37.5 Å². The maximum Gasteiger partial charge on any atom is 0.224 e. The molecule has 1 aromatic rings. The Kier molecular flexibility index (Phi) is 3.13. The molecule has 1 aliphatic rings. The molecule has 0 spiro atoms. The van der Waals surface area contributed by atoms with Gasteiger partial charge < -0.3 is 10.6 Å². The molecule has 2 N–H and O–H groups in total. The van der Waals surface area contributed by atoms with Gasteiger partial charge in [-0.3, -0.25) is 4.79 Å². The zero-order chi connectivity index (χ0) is 11.5. The Hall–Kier alpha value is -1.51. The van der Waals surface area contributed by atoms with E-state index >= 15 is 0 Å². The fourth-order valence-corrected chi connectivity index (χ4v) is 2.13. The molecule has 0 unspecified atom stereocenters. The predicted octanol–water partition coefficient (Wildman–Crippen LogP) is 1.72. The highest BCUT2D eigenvalue weighted by atomic mass is 16.1. The fourth-order valence-electron chi connectivity index (χ4n) is 2.13. The van der Waals surface area contributed by atoms with Crippen molar-refractivity contribution >= 4 is 11.6 Å². The van der Waals surface area contributed by atoms with Crippen LogP contribution in [0.3, 0.4) is 0 Å². The van der Waals surface area contributed by atoms with E-state index in [-0.39, 0.29) is 11.9 Å². The van der Waals surface area contributed by atoms with Crippen molar-refractivity contribution in [3.63, 3.8) is 0 Å². The number of anilines is 1. The Balaban J connectivity index is 2.10. The van der Waals surface area contributed by atoms with E-state index in [1.807, 2.05) is 26.0 Å². The number of benzene rings is 1. The molecule has 0 bridgehead atoms. The minimum absolute atomic E-state index is 0.107. The molecule has 0 radical (unpaired) electrons. The number of nitrogens with one attached hydrogen (secondary N) is 2. The molecular weight excluding hydrogens is 200 g/mol. The van der Waals surface area contributed by atoms with E-state index < -0.39 is 0 Å². The van der Waals surface area contributed by atoms with Crippen LogP contribution in [0.2, 0.25) is 0 Å². The summed E-state index contributed by atoms with van der Waals surface area (Å²) in [6.45, 7) is 4.95. The van der Waals surface area contributed by atoms with Crippen molar-refractivity contribution in [3.05, 3.63) is 29.3 Å². The number of carbonyl (C=O) groups excluding carboxylic acids is 1. The van der Waals surface area contributed by atoms with Gasteiger partial charge >= 0.3 is 0 Å². The average molecular weight is 218 g/mol. The van der Waals surface area contributed by atoms with Crippen LogP contribution < -0.4 is 10.6 Å². The summed E-state index contributed by atoms with van der Waals surface area (Å²) in [5.74, 6) is 0.107. The van der Waals surface area contributed by atoms with Crippen molar-refractivity contribution in [1.82, 2.24) is 5.32 Å². The zero-order valence-corrected chi connectivity index (χ0v) is 9.84. The second kappa shape index (κ2) is 4.56. The van der Waals surface area contributed by atoms with Crippen LogP contribution in [0.25, 0.3) is 0 Å². The molecule has 1 heterocycles. The van der Waals surface area contributed by atoms with Crippen LogP contribution in [0.5, 0.6) is 0 Å². The molecule has 3 heteroatoms. The number of rotatable bonds is 3. The number of carbonyl (C=O) groups is 1. The monoisotopic (exact) mass is 218 g/mol. The molecule has 0 fully saturated rings. The summed E-state index contributed by atoms with van der Waals surface area (Å²) in [6.07, 6.45) is 1.52. The summed E-state index contributed by atoms with van der Waals surface area (Å²) in [5, 5.41) is 6.25. The van der Waals surface area contributed by atoms with Crippen LogP contribution in [0.1, 0.15) is 25.0 Å². The number of amides is 1. The average Bonchev–Trinajstić information content (AvgIpc) is 2.65. The normalized spacial score (nSPS) is 13.4. The SMILES string of the molecule is CC(C)NC(=O)Cc1cccc2c1CCN2. The Morgan fingerprint density at radius 2 is 2.31 bits per heavy atom. The molecule has 16 heavy (non-hydrogen) atoms. The maximum atomic E-state index is 11.7. The number of hydrogen-bond donors (Lipinski definition) is 2. The summed E-state index contributed by atoms with van der Waals surface area (Å²) in [5.41, 5.74) is 3.65. The first-order valence-electron chi connectivity index (χ1n) is 5.81. The summed E-state index contributed by atoms with van der Waals surface area (Å²) in [4.78, 5) is 11.7. The lowest BCUT2D eigenvalue weighted by molar-refractivity contribution is -0.120. The van der Waals surface area contributed by atoms with Crippen LogP contribution in [0.4, 0.5) is 5.69 Å². The van der Waals surface area contributed by atoms with Crippen LogP contribution >= 0.6 is 0 Å². The third kappa shape index (κ3) is 2.35. The van der Waals surface area contributed by atoms with Gasteiger partial charge in [0.15, 0.2) is 0 Å². The van der Waals surface area contributed by atoms with Gasteiger partial charge in [0.05, 0.1) is 6.42 Å². The van der Waals surface area contributed by atoms with Crippen LogP contribution in [-0.2, 0) is 17.6 Å². The fraction of sp³-hybridized carbons (Fsp3) is 0.462. The Labute approximate surface area is 96.2 Å². The van der Waals surface area contributed by atoms with Crippen LogP contribution in [0.15, 0.2) is 18.2 Å². The van der Waals surface area contributed by atoms with Crippen molar-refractivity contribution < 1.29 is 4.79 Å². The summed E-state index contributed by atoms with van der Waals surface area (Å²) >= 11 is 0. The third-order valence-corrected chi connectivity index (χ3v) is 2.76. The number of fused-ring (bicyclic) bond motifs is 1. The van der Waals surface area contributed by atoms with Gasteiger partial charge in [0.2, 0.25) is 5.91 Å². The van der Waals surface area contributed by atoms with Gasteiger partial charge in [-0.15, -0.1) is 0 Å².